The molecule has 0 aromatic heterocycles. The summed E-state index contributed by atoms with van der Waals surface area (Å²) in [6.45, 7) is 5.03. The van der Waals surface area contributed by atoms with Crippen molar-refractivity contribution in [2.45, 2.75) is 38.9 Å². The Morgan fingerprint density at radius 1 is 1.60 bits per heavy atom. The summed E-state index contributed by atoms with van der Waals surface area (Å²) < 4.78 is 5.33. The lowest BCUT2D eigenvalue weighted by atomic mass is 10.0. The summed E-state index contributed by atoms with van der Waals surface area (Å²) in [5.41, 5.74) is 0. The van der Waals surface area contributed by atoms with Crippen LogP contribution in [0.2, 0.25) is 0 Å². The number of hydrogen-bond acceptors (Lipinski definition) is 2. The van der Waals surface area contributed by atoms with Gasteiger partial charge in [0.2, 0.25) is 0 Å². The van der Waals surface area contributed by atoms with Gasteiger partial charge in [0.05, 0.1) is 12.2 Å². The Hall–Kier alpha value is -0.0800. The van der Waals surface area contributed by atoms with Gasteiger partial charge in [-0.05, 0) is 18.8 Å². The normalized spacial score (nSPS) is 33.6. The van der Waals surface area contributed by atoms with Gasteiger partial charge in [0, 0.05) is 6.61 Å². The molecular weight excluding hydrogens is 128 g/mol. The van der Waals surface area contributed by atoms with Gasteiger partial charge < -0.3 is 9.84 Å². The predicted octanol–water partition coefficient (Wildman–Crippen LogP) is 1.18. The lowest BCUT2D eigenvalue weighted by Gasteiger charge is -2.15. The summed E-state index contributed by atoms with van der Waals surface area (Å²) in [7, 11) is 0. The minimum Gasteiger partial charge on any atom is -0.390 e. The van der Waals surface area contributed by atoms with Gasteiger partial charge in [-0.2, -0.15) is 0 Å². The molecule has 2 heteroatoms. The molecule has 1 heterocycles. The van der Waals surface area contributed by atoms with Crippen molar-refractivity contribution < 1.29 is 9.84 Å². The molecule has 0 radical (unpaired) electrons. The van der Waals surface area contributed by atoms with Gasteiger partial charge in [-0.15, -0.1) is 0 Å². The van der Waals surface area contributed by atoms with Crippen molar-refractivity contribution in [3.8, 4) is 0 Å². The maximum absolute atomic E-state index is 9.31. The molecule has 0 aliphatic carbocycles. The maximum Gasteiger partial charge on any atom is 0.0837 e. The molecule has 2 nitrogen and oxygen atoms in total. The van der Waals surface area contributed by atoms with E-state index < -0.39 is 0 Å². The summed E-state index contributed by atoms with van der Waals surface area (Å²) in [6.07, 6.45) is 1.71. The fourth-order valence-corrected chi connectivity index (χ4v) is 1.33. The molecule has 2 unspecified atom stereocenters. The van der Waals surface area contributed by atoms with Crippen LogP contribution in [0.5, 0.6) is 0 Å². The van der Waals surface area contributed by atoms with E-state index in [2.05, 4.69) is 13.8 Å². The highest BCUT2D eigenvalue weighted by Crippen LogP contribution is 2.19. The summed E-state index contributed by atoms with van der Waals surface area (Å²) in [4.78, 5) is 0. The zero-order valence-corrected chi connectivity index (χ0v) is 6.71. The van der Waals surface area contributed by atoms with Crippen LogP contribution >= 0.6 is 0 Å². The lowest BCUT2D eigenvalue weighted by Crippen LogP contribution is -2.22. The first-order chi connectivity index (χ1) is 4.70. The van der Waals surface area contributed by atoms with E-state index in [0.717, 1.165) is 19.4 Å². The van der Waals surface area contributed by atoms with Crippen molar-refractivity contribution >= 4 is 0 Å². The molecule has 0 spiro atoms. The molecule has 1 rings (SSSR count). The zero-order valence-electron chi connectivity index (χ0n) is 6.71. The van der Waals surface area contributed by atoms with Crippen LogP contribution in [-0.4, -0.2) is 23.9 Å². The first-order valence-electron chi connectivity index (χ1n) is 4.00. The predicted molar refractivity (Wildman–Crippen MR) is 39.8 cm³/mol. The third-order valence-electron chi connectivity index (χ3n) is 1.88. The van der Waals surface area contributed by atoms with E-state index in [-0.39, 0.29) is 12.2 Å². The van der Waals surface area contributed by atoms with Crippen LogP contribution in [0.15, 0.2) is 0 Å². The Kier molecular flexibility index (Phi) is 2.69. The van der Waals surface area contributed by atoms with Crippen LogP contribution in [0.1, 0.15) is 26.7 Å². The number of rotatable bonds is 2. The van der Waals surface area contributed by atoms with Crippen LogP contribution in [0, 0.1) is 5.92 Å². The SMILES string of the molecule is CC(C)CC1OCCC1O. The van der Waals surface area contributed by atoms with Crippen molar-refractivity contribution in [2.24, 2.45) is 5.92 Å². The summed E-state index contributed by atoms with van der Waals surface area (Å²) in [5.74, 6) is 0.623. The third-order valence-corrected chi connectivity index (χ3v) is 1.88. The number of aliphatic hydroxyl groups excluding tert-OH is 1. The average molecular weight is 144 g/mol. The minimum atomic E-state index is -0.206. The lowest BCUT2D eigenvalue weighted by molar-refractivity contribution is 0.0288. The van der Waals surface area contributed by atoms with E-state index in [9.17, 15) is 5.11 Å². The Morgan fingerprint density at radius 3 is 2.70 bits per heavy atom. The molecule has 1 saturated heterocycles. The zero-order chi connectivity index (χ0) is 7.56. The highest BCUT2D eigenvalue weighted by Gasteiger charge is 2.26. The molecule has 0 saturated carbocycles. The quantitative estimate of drug-likeness (QED) is 0.630. The standard InChI is InChI=1S/C8H16O2/c1-6(2)5-8-7(9)3-4-10-8/h6-9H,3-5H2,1-2H3. The van der Waals surface area contributed by atoms with Gasteiger partial charge in [-0.3, -0.25) is 0 Å². The Labute approximate surface area is 62.2 Å². The number of ether oxygens (including phenoxy) is 1. The van der Waals surface area contributed by atoms with E-state index in [4.69, 9.17) is 4.74 Å². The van der Waals surface area contributed by atoms with Crippen LogP contribution in [-0.2, 0) is 4.74 Å². The number of hydrogen-bond donors (Lipinski definition) is 1. The average Bonchev–Trinajstić information content (AvgIpc) is 2.15. The molecular formula is C8H16O2. The fraction of sp³-hybridized carbons (Fsp3) is 1.00. The highest BCUT2D eigenvalue weighted by molar-refractivity contribution is 4.75. The molecule has 0 amide bonds. The Morgan fingerprint density at radius 2 is 2.30 bits per heavy atom. The minimum absolute atomic E-state index is 0.111. The highest BCUT2D eigenvalue weighted by atomic mass is 16.5. The van der Waals surface area contributed by atoms with E-state index in [1.54, 1.807) is 0 Å². The molecule has 1 fully saturated rings. The number of aliphatic hydroxyl groups is 1. The molecule has 0 aromatic rings. The second-order valence-electron chi connectivity index (χ2n) is 3.39. The van der Waals surface area contributed by atoms with Crippen molar-refractivity contribution in [1.29, 1.82) is 0 Å². The molecule has 1 aliphatic rings. The van der Waals surface area contributed by atoms with E-state index in [1.807, 2.05) is 0 Å². The van der Waals surface area contributed by atoms with Crippen molar-refractivity contribution in [1.82, 2.24) is 0 Å². The van der Waals surface area contributed by atoms with E-state index >= 15 is 0 Å². The van der Waals surface area contributed by atoms with Gasteiger partial charge >= 0.3 is 0 Å². The second-order valence-corrected chi connectivity index (χ2v) is 3.39. The molecule has 0 aromatic carbocycles. The second kappa shape index (κ2) is 3.35. The maximum atomic E-state index is 9.31. The van der Waals surface area contributed by atoms with Crippen LogP contribution in [0.3, 0.4) is 0 Å². The molecule has 60 valence electrons. The molecule has 10 heavy (non-hydrogen) atoms. The van der Waals surface area contributed by atoms with Gasteiger partial charge in [-0.1, -0.05) is 13.8 Å². The van der Waals surface area contributed by atoms with Crippen LogP contribution in [0.4, 0.5) is 0 Å². The fourth-order valence-electron chi connectivity index (χ4n) is 1.33. The van der Waals surface area contributed by atoms with Crippen molar-refractivity contribution in [3.05, 3.63) is 0 Å². The topological polar surface area (TPSA) is 29.5 Å². The van der Waals surface area contributed by atoms with E-state index in [0.29, 0.717) is 5.92 Å². The van der Waals surface area contributed by atoms with Crippen LogP contribution < -0.4 is 0 Å². The molecule has 1 N–H and O–H groups in total. The first kappa shape index (κ1) is 8.02. The van der Waals surface area contributed by atoms with Crippen molar-refractivity contribution in [3.63, 3.8) is 0 Å². The largest absolute Gasteiger partial charge is 0.390 e. The summed E-state index contributed by atoms with van der Waals surface area (Å²) in [5, 5.41) is 9.31. The summed E-state index contributed by atoms with van der Waals surface area (Å²) in [6, 6.07) is 0. The van der Waals surface area contributed by atoms with Gasteiger partial charge in [-0.25, -0.2) is 0 Å². The molecule has 2 atom stereocenters. The smallest absolute Gasteiger partial charge is 0.0837 e. The first-order valence-corrected chi connectivity index (χ1v) is 4.00. The van der Waals surface area contributed by atoms with Crippen molar-refractivity contribution in [2.75, 3.05) is 6.61 Å². The van der Waals surface area contributed by atoms with E-state index in [1.165, 1.54) is 0 Å². The summed E-state index contributed by atoms with van der Waals surface area (Å²) >= 11 is 0. The van der Waals surface area contributed by atoms with Gasteiger partial charge in [0.1, 0.15) is 0 Å². The van der Waals surface area contributed by atoms with Gasteiger partial charge in [0.25, 0.3) is 0 Å². The van der Waals surface area contributed by atoms with Crippen LogP contribution in [0.25, 0.3) is 0 Å². The Balaban J connectivity index is 2.26. The Bertz CT molecular complexity index is 101. The third kappa shape index (κ3) is 1.96. The molecule has 0 bridgehead atoms. The molecule has 1 aliphatic heterocycles. The van der Waals surface area contributed by atoms with Gasteiger partial charge in [0.15, 0.2) is 0 Å². The monoisotopic (exact) mass is 144 g/mol.